The van der Waals surface area contributed by atoms with Gasteiger partial charge in [0, 0.05) is 5.41 Å². The van der Waals surface area contributed by atoms with Crippen molar-refractivity contribution < 1.29 is 4.42 Å². The van der Waals surface area contributed by atoms with Gasteiger partial charge in [-0.15, -0.1) is 23.2 Å². The van der Waals surface area contributed by atoms with Crippen LogP contribution < -0.4 is 0 Å². The number of halogens is 2. The molecule has 3 heteroatoms. The number of hydrogen-bond donors (Lipinski definition) is 0. The Kier molecular flexibility index (Phi) is 1.56. The van der Waals surface area contributed by atoms with E-state index in [0.29, 0.717) is 0 Å². The van der Waals surface area contributed by atoms with Crippen LogP contribution in [0, 0.1) is 5.41 Å². The zero-order valence-corrected chi connectivity index (χ0v) is 8.49. The van der Waals surface area contributed by atoms with Crippen LogP contribution in [-0.2, 0) is 0 Å². The molecule has 1 aliphatic carbocycles. The smallest absolute Gasteiger partial charge is 0.134 e. The molecule has 66 valence electrons. The van der Waals surface area contributed by atoms with Crippen LogP contribution in [0.1, 0.15) is 25.5 Å². The largest absolute Gasteiger partial charge is 0.469 e. The zero-order chi connectivity index (χ0) is 8.98. The molecular weight excluding hydrogens is 195 g/mol. The fraction of sp³-hybridized carbons (Fsp3) is 0.556. The maximum atomic E-state index is 6.10. The third-order valence-electron chi connectivity index (χ3n) is 2.69. The summed E-state index contributed by atoms with van der Waals surface area (Å²) in [7, 11) is 0. The molecule has 12 heavy (non-hydrogen) atoms. The first-order valence-electron chi connectivity index (χ1n) is 3.89. The van der Waals surface area contributed by atoms with E-state index in [0.717, 1.165) is 5.76 Å². The number of alkyl halides is 2. The molecular formula is C9H10Cl2O. The topological polar surface area (TPSA) is 13.1 Å². The molecule has 1 aromatic rings. The molecule has 1 nitrogen and oxygen atoms in total. The lowest BCUT2D eigenvalue weighted by Crippen LogP contribution is -1.96. The summed E-state index contributed by atoms with van der Waals surface area (Å²) < 4.78 is 4.60. The summed E-state index contributed by atoms with van der Waals surface area (Å²) in [6.07, 6.45) is 1.65. The van der Waals surface area contributed by atoms with Crippen LogP contribution in [0.3, 0.4) is 0 Å². The lowest BCUT2D eigenvalue weighted by molar-refractivity contribution is 0.482. The highest BCUT2D eigenvalue weighted by Crippen LogP contribution is 2.73. The summed E-state index contributed by atoms with van der Waals surface area (Å²) in [5.41, 5.74) is -0.0754. The first-order chi connectivity index (χ1) is 5.48. The van der Waals surface area contributed by atoms with Crippen LogP contribution in [0.25, 0.3) is 0 Å². The van der Waals surface area contributed by atoms with Gasteiger partial charge in [-0.2, -0.15) is 0 Å². The van der Waals surface area contributed by atoms with Crippen LogP contribution in [0.5, 0.6) is 0 Å². The van der Waals surface area contributed by atoms with Crippen molar-refractivity contribution in [3.8, 4) is 0 Å². The van der Waals surface area contributed by atoms with E-state index in [4.69, 9.17) is 27.6 Å². The summed E-state index contributed by atoms with van der Waals surface area (Å²) >= 11 is 12.2. The second-order valence-electron chi connectivity index (χ2n) is 3.79. The predicted octanol–water partition coefficient (Wildman–Crippen LogP) is 3.58. The van der Waals surface area contributed by atoms with Gasteiger partial charge in [0.1, 0.15) is 10.1 Å². The summed E-state index contributed by atoms with van der Waals surface area (Å²) in [5.74, 6) is 1.01. The second kappa shape index (κ2) is 2.21. The highest BCUT2D eigenvalue weighted by molar-refractivity contribution is 6.52. The van der Waals surface area contributed by atoms with Gasteiger partial charge in [0.15, 0.2) is 0 Å². The van der Waals surface area contributed by atoms with Gasteiger partial charge in [-0.05, 0) is 12.1 Å². The van der Waals surface area contributed by atoms with Crippen LogP contribution in [0.2, 0.25) is 0 Å². The molecule has 0 radical (unpaired) electrons. The van der Waals surface area contributed by atoms with E-state index >= 15 is 0 Å². The minimum atomic E-state index is -0.662. The molecule has 1 heterocycles. The second-order valence-corrected chi connectivity index (χ2v) is 5.18. The van der Waals surface area contributed by atoms with E-state index in [1.807, 2.05) is 26.0 Å². The molecule has 1 aromatic heterocycles. The van der Waals surface area contributed by atoms with Gasteiger partial charge in [-0.1, -0.05) is 13.8 Å². The normalized spacial score (nSPS) is 30.2. The molecule has 0 N–H and O–H groups in total. The molecule has 0 spiro atoms. The van der Waals surface area contributed by atoms with Gasteiger partial charge in [-0.3, -0.25) is 0 Å². The maximum absolute atomic E-state index is 6.10. The summed E-state index contributed by atoms with van der Waals surface area (Å²) in [5, 5.41) is 0. The van der Waals surface area contributed by atoms with E-state index < -0.39 is 4.33 Å². The SMILES string of the molecule is CC1(C)C(c2ccco2)C1(Cl)Cl. The summed E-state index contributed by atoms with van der Waals surface area (Å²) in [4.78, 5) is 0. The van der Waals surface area contributed by atoms with E-state index in [1.165, 1.54) is 0 Å². The van der Waals surface area contributed by atoms with E-state index in [1.54, 1.807) is 6.26 Å². The van der Waals surface area contributed by atoms with Crippen molar-refractivity contribution >= 4 is 23.2 Å². The Morgan fingerprint density at radius 2 is 2.00 bits per heavy atom. The Hall–Kier alpha value is -0.140. The lowest BCUT2D eigenvalue weighted by Gasteiger charge is -1.98. The number of furan rings is 1. The molecule has 1 aliphatic rings. The molecule has 0 amide bonds. The maximum Gasteiger partial charge on any atom is 0.134 e. The molecule has 1 unspecified atom stereocenters. The van der Waals surface area contributed by atoms with E-state index in [2.05, 4.69) is 0 Å². The standard InChI is InChI=1S/C9H10Cl2O/c1-8(2)7(9(8,10)11)6-4-3-5-12-6/h3-5,7H,1-2H3. The van der Waals surface area contributed by atoms with Gasteiger partial charge in [-0.25, -0.2) is 0 Å². The van der Waals surface area contributed by atoms with Gasteiger partial charge >= 0.3 is 0 Å². The Bertz CT molecular complexity index is 273. The molecule has 1 fully saturated rings. The van der Waals surface area contributed by atoms with E-state index in [9.17, 15) is 0 Å². The first kappa shape index (κ1) is 8.46. The van der Waals surface area contributed by atoms with Gasteiger partial charge < -0.3 is 4.42 Å². The average Bonchev–Trinajstić information content (AvgIpc) is 2.39. The van der Waals surface area contributed by atoms with Crippen molar-refractivity contribution in [2.45, 2.75) is 24.1 Å². The summed E-state index contributed by atoms with van der Waals surface area (Å²) in [6, 6.07) is 3.77. The molecule has 0 saturated heterocycles. The fourth-order valence-corrected chi connectivity index (χ4v) is 2.52. The van der Waals surface area contributed by atoms with Crippen molar-refractivity contribution in [3.05, 3.63) is 24.2 Å². The van der Waals surface area contributed by atoms with Crippen LogP contribution in [0.4, 0.5) is 0 Å². The molecule has 0 bridgehead atoms. The van der Waals surface area contributed by atoms with Crippen molar-refractivity contribution in [1.29, 1.82) is 0 Å². The Morgan fingerprint density at radius 1 is 1.42 bits per heavy atom. The van der Waals surface area contributed by atoms with Crippen molar-refractivity contribution in [3.63, 3.8) is 0 Å². The minimum Gasteiger partial charge on any atom is -0.469 e. The third-order valence-corrected chi connectivity index (χ3v) is 4.10. The van der Waals surface area contributed by atoms with Crippen molar-refractivity contribution in [2.75, 3.05) is 0 Å². The Labute approximate surface area is 81.7 Å². The molecule has 1 atom stereocenters. The van der Waals surface area contributed by atoms with Crippen LogP contribution in [-0.4, -0.2) is 4.33 Å². The number of rotatable bonds is 1. The highest BCUT2D eigenvalue weighted by Gasteiger charge is 2.72. The highest BCUT2D eigenvalue weighted by atomic mass is 35.5. The Morgan fingerprint density at radius 3 is 2.33 bits per heavy atom. The van der Waals surface area contributed by atoms with Gasteiger partial charge in [0.25, 0.3) is 0 Å². The Balaban J connectivity index is 2.32. The monoisotopic (exact) mass is 204 g/mol. The molecule has 0 aliphatic heterocycles. The van der Waals surface area contributed by atoms with Gasteiger partial charge in [0.2, 0.25) is 0 Å². The predicted molar refractivity (Wildman–Crippen MR) is 49.7 cm³/mol. The third kappa shape index (κ3) is 0.868. The lowest BCUT2D eigenvalue weighted by atomic mass is 10.1. The van der Waals surface area contributed by atoms with Crippen LogP contribution >= 0.6 is 23.2 Å². The minimum absolute atomic E-state index is 0.0754. The first-order valence-corrected chi connectivity index (χ1v) is 4.65. The zero-order valence-electron chi connectivity index (χ0n) is 6.97. The van der Waals surface area contributed by atoms with Crippen LogP contribution in [0.15, 0.2) is 22.8 Å². The fourth-order valence-electron chi connectivity index (χ4n) is 1.65. The number of hydrogen-bond acceptors (Lipinski definition) is 1. The van der Waals surface area contributed by atoms with E-state index in [-0.39, 0.29) is 11.3 Å². The molecule has 1 saturated carbocycles. The average molecular weight is 205 g/mol. The van der Waals surface area contributed by atoms with Crippen molar-refractivity contribution in [2.24, 2.45) is 5.41 Å². The quantitative estimate of drug-likeness (QED) is 0.638. The van der Waals surface area contributed by atoms with Gasteiger partial charge in [0.05, 0.1) is 12.2 Å². The summed E-state index contributed by atoms with van der Waals surface area (Å²) in [6.45, 7) is 4.08. The molecule has 0 aromatic carbocycles. The van der Waals surface area contributed by atoms with Crippen molar-refractivity contribution in [1.82, 2.24) is 0 Å². The molecule has 2 rings (SSSR count).